The van der Waals surface area contributed by atoms with Crippen LogP contribution in [0.5, 0.6) is 0 Å². The Morgan fingerprint density at radius 3 is 2.87 bits per heavy atom. The topological polar surface area (TPSA) is 48.1 Å². The molecule has 1 heterocycles. The molecule has 0 radical (unpaired) electrons. The van der Waals surface area contributed by atoms with E-state index < -0.39 is 0 Å². The number of ether oxygens (including phenoxy) is 1. The van der Waals surface area contributed by atoms with E-state index in [1.54, 1.807) is 11.3 Å². The molecule has 15 heavy (non-hydrogen) atoms. The van der Waals surface area contributed by atoms with Gasteiger partial charge in [-0.2, -0.15) is 0 Å². The zero-order chi connectivity index (χ0) is 10.8. The third-order valence-electron chi connectivity index (χ3n) is 2.66. The maximum Gasteiger partial charge on any atom is 0.0954 e. The predicted molar refractivity (Wildman–Crippen MR) is 62.0 cm³/mol. The van der Waals surface area contributed by atoms with Gasteiger partial charge < -0.3 is 10.5 Å². The fourth-order valence-corrected chi connectivity index (χ4v) is 2.42. The molecule has 1 fully saturated rings. The molecule has 3 nitrogen and oxygen atoms in total. The maximum atomic E-state index is 5.69. The zero-order valence-electron chi connectivity index (χ0n) is 9.27. The van der Waals surface area contributed by atoms with Crippen LogP contribution in [-0.2, 0) is 11.3 Å². The highest BCUT2D eigenvalue weighted by Crippen LogP contribution is 2.24. The molecule has 0 atom stereocenters. The van der Waals surface area contributed by atoms with E-state index in [2.05, 4.69) is 24.2 Å². The van der Waals surface area contributed by atoms with Gasteiger partial charge in [-0.05, 0) is 12.8 Å². The summed E-state index contributed by atoms with van der Waals surface area (Å²) in [5, 5.41) is 3.28. The Bertz CT molecular complexity index is 318. The van der Waals surface area contributed by atoms with Crippen LogP contribution in [0.25, 0.3) is 0 Å². The first kappa shape index (κ1) is 11.0. The van der Waals surface area contributed by atoms with E-state index in [0.717, 1.165) is 18.5 Å². The van der Waals surface area contributed by atoms with Crippen LogP contribution in [0.2, 0.25) is 0 Å². The molecule has 2 N–H and O–H groups in total. The molecule has 1 saturated carbocycles. The molecule has 1 aliphatic rings. The minimum absolute atomic E-state index is 0.358. The fourth-order valence-electron chi connectivity index (χ4n) is 1.60. The Labute approximate surface area is 94.7 Å². The lowest BCUT2D eigenvalue weighted by atomic mass is 9.90. The van der Waals surface area contributed by atoms with Gasteiger partial charge in [-0.1, -0.05) is 13.8 Å². The molecule has 0 spiro atoms. The average molecular weight is 226 g/mol. The quantitative estimate of drug-likeness (QED) is 0.856. The summed E-state index contributed by atoms with van der Waals surface area (Å²) in [6.45, 7) is 4.96. The minimum atomic E-state index is 0.358. The largest absolute Gasteiger partial charge is 0.372 e. The fraction of sp³-hybridized carbons (Fsp3) is 0.727. The third kappa shape index (κ3) is 2.77. The lowest BCUT2D eigenvalue weighted by Gasteiger charge is -2.31. The number of thiazole rings is 1. The number of nitrogens with two attached hydrogens (primary N) is 1. The van der Waals surface area contributed by atoms with Gasteiger partial charge in [0, 0.05) is 17.3 Å². The smallest absolute Gasteiger partial charge is 0.0954 e. The lowest BCUT2D eigenvalue weighted by Crippen LogP contribution is -2.41. The van der Waals surface area contributed by atoms with Crippen LogP contribution in [-0.4, -0.2) is 17.1 Å². The molecule has 84 valence electrons. The summed E-state index contributed by atoms with van der Waals surface area (Å²) in [7, 11) is 0. The second-order valence-electron chi connectivity index (χ2n) is 4.50. The molecule has 1 aromatic heterocycles. The van der Waals surface area contributed by atoms with Crippen LogP contribution in [0.4, 0.5) is 0 Å². The zero-order valence-corrected chi connectivity index (χ0v) is 10.1. The van der Waals surface area contributed by atoms with Crippen LogP contribution >= 0.6 is 11.3 Å². The van der Waals surface area contributed by atoms with Crippen molar-refractivity contribution in [2.45, 2.75) is 51.4 Å². The molecular formula is C11H18N2OS. The highest BCUT2D eigenvalue weighted by atomic mass is 32.1. The SMILES string of the molecule is CC(C)c1nc(COC2CC(N)C2)cs1. The van der Waals surface area contributed by atoms with E-state index in [1.165, 1.54) is 5.01 Å². The summed E-state index contributed by atoms with van der Waals surface area (Å²) < 4.78 is 5.69. The van der Waals surface area contributed by atoms with Crippen molar-refractivity contribution in [2.75, 3.05) is 0 Å². The van der Waals surface area contributed by atoms with Crippen molar-refractivity contribution in [3.05, 3.63) is 16.1 Å². The van der Waals surface area contributed by atoms with Crippen molar-refractivity contribution in [1.82, 2.24) is 4.98 Å². The Morgan fingerprint density at radius 2 is 2.33 bits per heavy atom. The number of rotatable bonds is 4. The molecule has 0 aromatic carbocycles. The van der Waals surface area contributed by atoms with Crippen molar-refractivity contribution in [3.8, 4) is 0 Å². The molecule has 0 amide bonds. The Balaban J connectivity index is 1.78. The van der Waals surface area contributed by atoms with Crippen LogP contribution in [0.1, 0.15) is 43.3 Å². The van der Waals surface area contributed by atoms with Gasteiger partial charge in [0.1, 0.15) is 0 Å². The summed E-state index contributed by atoms with van der Waals surface area (Å²) in [5.41, 5.74) is 6.75. The van der Waals surface area contributed by atoms with E-state index in [1.807, 2.05) is 0 Å². The van der Waals surface area contributed by atoms with Gasteiger partial charge in [-0.3, -0.25) is 0 Å². The monoisotopic (exact) mass is 226 g/mol. The molecule has 1 aliphatic carbocycles. The second-order valence-corrected chi connectivity index (χ2v) is 5.39. The summed E-state index contributed by atoms with van der Waals surface area (Å²) in [6.07, 6.45) is 2.37. The van der Waals surface area contributed by atoms with Crippen molar-refractivity contribution in [1.29, 1.82) is 0 Å². The van der Waals surface area contributed by atoms with Gasteiger partial charge in [0.25, 0.3) is 0 Å². The number of aromatic nitrogens is 1. The number of hydrogen-bond donors (Lipinski definition) is 1. The highest BCUT2D eigenvalue weighted by Gasteiger charge is 2.26. The van der Waals surface area contributed by atoms with Gasteiger partial charge in [0.15, 0.2) is 0 Å². The molecule has 0 aliphatic heterocycles. The Hall–Kier alpha value is -0.450. The lowest BCUT2D eigenvalue weighted by molar-refractivity contribution is -0.0200. The van der Waals surface area contributed by atoms with Gasteiger partial charge in [0.05, 0.1) is 23.4 Å². The summed E-state index contributed by atoms with van der Waals surface area (Å²) in [6, 6.07) is 0.358. The van der Waals surface area contributed by atoms with Gasteiger partial charge in [-0.25, -0.2) is 4.98 Å². The predicted octanol–water partition coefficient (Wildman–Crippen LogP) is 2.27. The van der Waals surface area contributed by atoms with Gasteiger partial charge >= 0.3 is 0 Å². The van der Waals surface area contributed by atoms with Crippen molar-refractivity contribution >= 4 is 11.3 Å². The van der Waals surface area contributed by atoms with Crippen molar-refractivity contribution in [2.24, 2.45) is 5.73 Å². The molecule has 2 rings (SSSR count). The first-order chi connectivity index (χ1) is 7.15. The van der Waals surface area contributed by atoms with E-state index in [0.29, 0.717) is 24.7 Å². The van der Waals surface area contributed by atoms with E-state index in [4.69, 9.17) is 10.5 Å². The molecule has 1 aromatic rings. The Kier molecular flexibility index (Phi) is 3.38. The third-order valence-corrected chi connectivity index (χ3v) is 3.86. The van der Waals surface area contributed by atoms with Crippen LogP contribution in [0.15, 0.2) is 5.38 Å². The molecular weight excluding hydrogens is 208 g/mol. The van der Waals surface area contributed by atoms with E-state index in [9.17, 15) is 0 Å². The summed E-state index contributed by atoms with van der Waals surface area (Å²) in [4.78, 5) is 4.52. The second kappa shape index (κ2) is 4.60. The average Bonchev–Trinajstić information content (AvgIpc) is 2.59. The molecule has 0 bridgehead atoms. The molecule has 4 heteroatoms. The number of nitrogens with zero attached hydrogens (tertiary/aromatic N) is 1. The van der Waals surface area contributed by atoms with E-state index in [-0.39, 0.29) is 0 Å². The van der Waals surface area contributed by atoms with Gasteiger partial charge in [0.2, 0.25) is 0 Å². The standard InChI is InChI=1S/C11H18N2OS/c1-7(2)11-13-9(6-15-11)5-14-10-3-8(12)4-10/h6-8,10H,3-5,12H2,1-2H3. The first-order valence-corrected chi connectivity index (χ1v) is 6.34. The minimum Gasteiger partial charge on any atom is -0.372 e. The van der Waals surface area contributed by atoms with E-state index >= 15 is 0 Å². The maximum absolute atomic E-state index is 5.69. The molecule has 0 saturated heterocycles. The van der Waals surface area contributed by atoms with Crippen molar-refractivity contribution < 1.29 is 4.74 Å². The number of hydrogen-bond acceptors (Lipinski definition) is 4. The van der Waals surface area contributed by atoms with Crippen LogP contribution in [0.3, 0.4) is 0 Å². The highest BCUT2D eigenvalue weighted by molar-refractivity contribution is 7.09. The van der Waals surface area contributed by atoms with Crippen LogP contribution in [0, 0.1) is 0 Å². The Morgan fingerprint density at radius 1 is 1.60 bits per heavy atom. The molecule has 0 unspecified atom stereocenters. The van der Waals surface area contributed by atoms with Crippen LogP contribution < -0.4 is 5.73 Å². The first-order valence-electron chi connectivity index (χ1n) is 5.46. The normalized spacial score (nSPS) is 25.6. The summed E-state index contributed by atoms with van der Waals surface area (Å²) in [5.74, 6) is 0.515. The van der Waals surface area contributed by atoms with Gasteiger partial charge in [-0.15, -0.1) is 11.3 Å². The summed E-state index contributed by atoms with van der Waals surface area (Å²) >= 11 is 1.72. The van der Waals surface area contributed by atoms with Crippen molar-refractivity contribution in [3.63, 3.8) is 0 Å².